The van der Waals surface area contributed by atoms with Gasteiger partial charge >= 0.3 is 11.9 Å². The van der Waals surface area contributed by atoms with Gasteiger partial charge in [0.25, 0.3) is 0 Å². The Morgan fingerprint density at radius 3 is 2.47 bits per heavy atom. The lowest BCUT2D eigenvalue weighted by atomic mass is 10.1. The van der Waals surface area contributed by atoms with Crippen LogP contribution in [-0.2, 0) is 19.1 Å². The molecule has 8 heteroatoms. The van der Waals surface area contributed by atoms with Crippen LogP contribution in [0.25, 0.3) is 0 Å². The highest BCUT2D eigenvalue weighted by Gasteiger charge is 2.20. The lowest BCUT2D eigenvalue weighted by Crippen LogP contribution is -2.43. The molecule has 0 heterocycles. The summed E-state index contributed by atoms with van der Waals surface area (Å²) in [7, 11) is 1.20. The number of aliphatic carboxylic acids is 1. The Kier molecular flexibility index (Phi) is 7.31. The van der Waals surface area contributed by atoms with E-state index in [4.69, 9.17) is 10.8 Å². The zero-order valence-corrected chi connectivity index (χ0v) is 10.3. The smallest absolute Gasteiger partial charge is 0.327 e. The summed E-state index contributed by atoms with van der Waals surface area (Å²) in [5.41, 5.74) is 5.41. The number of ether oxygens (including phenoxy) is 1. The highest BCUT2D eigenvalue weighted by Crippen LogP contribution is 1.98. The van der Waals surface area contributed by atoms with E-state index in [-0.39, 0.29) is 18.6 Å². The quantitative estimate of drug-likeness (QED) is 0.337. The molecule has 2 unspecified atom stereocenters. The molecule has 7 nitrogen and oxygen atoms in total. The summed E-state index contributed by atoms with van der Waals surface area (Å²) in [6.45, 7) is 0. The molecule has 0 rings (SSSR count). The summed E-state index contributed by atoms with van der Waals surface area (Å²) in [6, 6.07) is -1.93. The van der Waals surface area contributed by atoms with E-state index in [2.05, 4.69) is 22.7 Å². The molecule has 0 aliphatic rings. The fourth-order valence-corrected chi connectivity index (χ4v) is 1.26. The van der Waals surface area contributed by atoms with E-state index in [1.807, 2.05) is 0 Å². The molecule has 0 saturated heterocycles. The number of esters is 1. The number of carbonyl (C=O) groups excluding carboxylic acids is 2. The summed E-state index contributed by atoms with van der Waals surface area (Å²) < 4.78 is 4.38. The maximum atomic E-state index is 11.3. The number of carboxylic acids is 1. The zero-order valence-electron chi connectivity index (χ0n) is 9.38. The number of hydrogen-bond acceptors (Lipinski definition) is 6. The third-order valence-electron chi connectivity index (χ3n) is 2.00. The van der Waals surface area contributed by atoms with Crippen molar-refractivity contribution < 1.29 is 24.2 Å². The first-order valence-corrected chi connectivity index (χ1v) is 5.52. The molecule has 0 saturated carbocycles. The number of carbonyl (C=O) groups is 3. The molecule has 0 radical (unpaired) electrons. The normalized spacial score (nSPS) is 13.6. The monoisotopic (exact) mass is 264 g/mol. The van der Waals surface area contributed by atoms with Gasteiger partial charge < -0.3 is 20.9 Å². The predicted octanol–water partition coefficient (Wildman–Crippen LogP) is -1.23. The summed E-state index contributed by atoms with van der Waals surface area (Å²) in [6.07, 6.45) is 0.0469. The summed E-state index contributed by atoms with van der Waals surface area (Å²) in [4.78, 5) is 32.8. The first-order chi connectivity index (χ1) is 7.92. The van der Waals surface area contributed by atoms with Crippen LogP contribution >= 0.6 is 12.6 Å². The molecular formula is C9H16N2O5S. The maximum absolute atomic E-state index is 11.3. The fourth-order valence-electron chi connectivity index (χ4n) is 1.01. The van der Waals surface area contributed by atoms with Gasteiger partial charge in [-0.05, 0) is 6.42 Å². The maximum Gasteiger partial charge on any atom is 0.327 e. The Labute approximate surface area is 104 Å². The van der Waals surface area contributed by atoms with E-state index in [1.54, 1.807) is 0 Å². The second-order valence-corrected chi connectivity index (χ2v) is 3.67. The van der Waals surface area contributed by atoms with Gasteiger partial charge in [0.15, 0.2) is 0 Å². The number of nitrogens with two attached hydrogens (primary N) is 1. The SMILES string of the molecule is COC(=O)C(N)CCC(=O)NC(CS)C(=O)O. The molecule has 98 valence electrons. The van der Waals surface area contributed by atoms with Crippen LogP contribution in [0.3, 0.4) is 0 Å². The Morgan fingerprint density at radius 2 is 2.06 bits per heavy atom. The van der Waals surface area contributed by atoms with Crippen molar-refractivity contribution in [2.75, 3.05) is 12.9 Å². The molecular weight excluding hydrogens is 248 g/mol. The lowest BCUT2D eigenvalue weighted by molar-refractivity contribution is -0.143. The Morgan fingerprint density at radius 1 is 1.47 bits per heavy atom. The number of amides is 1. The highest BCUT2D eigenvalue weighted by atomic mass is 32.1. The van der Waals surface area contributed by atoms with Crippen LogP contribution in [0.1, 0.15) is 12.8 Å². The van der Waals surface area contributed by atoms with Gasteiger partial charge in [0.2, 0.25) is 5.91 Å². The number of rotatable bonds is 7. The molecule has 0 aliphatic heterocycles. The molecule has 0 aromatic rings. The molecule has 1 amide bonds. The Bertz CT molecular complexity index is 297. The van der Waals surface area contributed by atoms with Gasteiger partial charge in [-0.2, -0.15) is 12.6 Å². The molecule has 17 heavy (non-hydrogen) atoms. The second-order valence-electron chi connectivity index (χ2n) is 3.31. The van der Waals surface area contributed by atoms with Gasteiger partial charge in [-0.3, -0.25) is 9.59 Å². The Hall–Kier alpha value is -1.28. The van der Waals surface area contributed by atoms with Gasteiger partial charge in [0.1, 0.15) is 12.1 Å². The third kappa shape index (κ3) is 6.12. The first kappa shape index (κ1) is 15.7. The molecule has 0 fully saturated rings. The minimum absolute atomic E-state index is 0.00979. The molecule has 2 atom stereocenters. The van der Waals surface area contributed by atoms with E-state index in [1.165, 1.54) is 7.11 Å². The van der Waals surface area contributed by atoms with Crippen molar-refractivity contribution in [2.45, 2.75) is 24.9 Å². The minimum Gasteiger partial charge on any atom is -0.480 e. The number of methoxy groups -OCH3 is 1. The third-order valence-corrected chi connectivity index (χ3v) is 2.37. The van der Waals surface area contributed by atoms with Crippen LogP contribution in [0.4, 0.5) is 0 Å². The standard InChI is InChI=1S/C9H16N2O5S/c1-16-9(15)5(10)2-3-7(12)11-6(4-17)8(13)14/h5-6,17H,2-4,10H2,1H3,(H,11,12)(H,13,14). The van der Waals surface area contributed by atoms with Crippen molar-refractivity contribution >= 4 is 30.5 Å². The van der Waals surface area contributed by atoms with Crippen LogP contribution in [0, 0.1) is 0 Å². The molecule has 0 aromatic heterocycles. The van der Waals surface area contributed by atoms with Crippen molar-refractivity contribution in [2.24, 2.45) is 5.73 Å². The van der Waals surface area contributed by atoms with Crippen molar-refractivity contribution in [3.05, 3.63) is 0 Å². The molecule has 0 bridgehead atoms. The van der Waals surface area contributed by atoms with Gasteiger partial charge in [-0.15, -0.1) is 0 Å². The Balaban J connectivity index is 4.02. The topological polar surface area (TPSA) is 119 Å². The zero-order chi connectivity index (χ0) is 13.4. The molecule has 0 aromatic carbocycles. The second kappa shape index (κ2) is 7.91. The lowest BCUT2D eigenvalue weighted by Gasteiger charge is -2.13. The molecule has 0 spiro atoms. The van der Waals surface area contributed by atoms with Gasteiger partial charge in [-0.1, -0.05) is 0 Å². The van der Waals surface area contributed by atoms with E-state index < -0.39 is 29.9 Å². The van der Waals surface area contributed by atoms with E-state index in [9.17, 15) is 14.4 Å². The number of hydrogen-bond donors (Lipinski definition) is 4. The average Bonchev–Trinajstić information content (AvgIpc) is 2.31. The van der Waals surface area contributed by atoms with Crippen molar-refractivity contribution in [1.29, 1.82) is 0 Å². The predicted molar refractivity (Wildman–Crippen MR) is 62.6 cm³/mol. The largest absolute Gasteiger partial charge is 0.480 e. The van der Waals surface area contributed by atoms with Crippen molar-refractivity contribution in [3.63, 3.8) is 0 Å². The first-order valence-electron chi connectivity index (χ1n) is 4.88. The van der Waals surface area contributed by atoms with Crippen LogP contribution in [-0.4, -0.2) is 47.9 Å². The van der Waals surface area contributed by atoms with Crippen LogP contribution in [0.5, 0.6) is 0 Å². The van der Waals surface area contributed by atoms with E-state index in [0.717, 1.165) is 0 Å². The number of thiol groups is 1. The van der Waals surface area contributed by atoms with Crippen molar-refractivity contribution in [1.82, 2.24) is 5.32 Å². The van der Waals surface area contributed by atoms with Crippen LogP contribution in [0.15, 0.2) is 0 Å². The fraction of sp³-hybridized carbons (Fsp3) is 0.667. The van der Waals surface area contributed by atoms with E-state index in [0.29, 0.717) is 0 Å². The van der Waals surface area contributed by atoms with Crippen LogP contribution < -0.4 is 11.1 Å². The van der Waals surface area contributed by atoms with Crippen molar-refractivity contribution in [3.8, 4) is 0 Å². The van der Waals surface area contributed by atoms with Gasteiger partial charge in [0.05, 0.1) is 7.11 Å². The summed E-state index contributed by atoms with van der Waals surface area (Å²) in [5.74, 6) is -2.28. The summed E-state index contributed by atoms with van der Waals surface area (Å²) in [5, 5.41) is 10.9. The number of nitrogens with one attached hydrogen (secondary N) is 1. The number of carboxylic acid groups (broad SMARTS) is 1. The van der Waals surface area contributed by atoms with Gasteiger partial charge in [-0.25, -0.2) is 4.79 Å². The van der Waals surface area contributed by atoms with Crippen LogP contribution in [0.2, 0.25) is 0 Å². The summed E-state index contributed by atoms with van der Waals surface area (Å²) >= 11 is 3.79. The van der Waals surface area contributed by atoms with Gasteiger partial charge in [0, 0.05) is 12.2 Å². The van der Waals surface area contributed by atoms with E-state index >= 15 is 0 Å². The molecule has 4 N–H and O–H groups in total. The average molecular weight is 264 g/mol. The molecule has 0 aliphatic carbocycles. The highest BCUT2D eigenvalue weighted by molar-refractivity contribution is 7.80. The minimum atomic E-state index is -1.16.